The van der Waals surface area contributed by atoms with Gasteiger partial charge in [-0.3, -0.25) is 4.90 Å². The van der Waals surface area contributed by atoms with Crippen molar-refractivity contribution in [3.05, 3.63) is 34.3 Å². The van der Waals surface area contributed by atoms with Crippen molar-refractivity contribution in [3.63, 3.8) is 0 Å². The minimum Gasteiger partial charge on any atom is -0.354 e. The van der Waals surface area contributed by atoms with Crippen molar-refractivity contribution < 1.29 is 0 Å². The molecule has 0 amide bonds. The van der Waals surface area contributed by atoms with Gasteiger partial charge in [0.1, 0.15) is 5.82 Å². The van der Waals surface area contributed by atoms with Gasteiger partial charge < -0.3 is 4.90 Å². The Bertz CT molecular complexity index is 682. The maximum absolute atomic E-state index is 6.22. The Morgan fingerprint density at radius 1 is 0.957 bits per heavy atom. The predicted octanol–water partition coefficient (Wildman–Crippen LogP) is 4.67. The first-order valence-corrected chi connectivity index (χ1v) is 8.21. The first-order valence-electron chi connectivity index (χ1n) is 7.45. The standard InChI is InChI=1S/C16H17Cl2N3.2ClH/c17-11-9-14(18)13-3-4-16(19-15(13)10-11)21-7-5-20(6-8-21)12-1-2-12;;/h3-4,9-10,12H,1-2,5-8H2;2*1H. The summed E-state index contributed by atoms with van der Waals surface area (Å²) in [5.41, 5.74) is 0.870. The van der Waals surface area contributed by atoms with Crippen LogP contribution in [0.15, 0.2) is 24.3 Å². The molecule has 2 heterocycles. The largest absolute Gasteiger partial charge is 0.354 e. The van der Waals surface area contributed by atoms with Gasteiger partial charge in [-0.1, -0.05) is 23.2 Å². The van der Waals surface area contributed by atoms with E-state index in [1.54, 1.807) is 6.07 Å². The normalized spacial score (nSPS) is 18.4. The van der Waals surface area contributed by atoms with Crippen LogP contribution >= 0.6 is 48.0 Å². The van der Waals surface area contributed by atoms with Crippen molar-refractivity contribution in [2.45, 2.75) is 18.9 Å². The summed E-state index contributed by atoms with van der Waals surface area (Å²) < 4.78 is 0. The predicted molar refractivity (Wildman–Crippen MR) is 103 cm³/mol. The molecule has 0 atom stereocenters. The van der Waals surface area contributed by atoms with E-state index in [1.165, 1.54) is 12.8 Å². The highest BCUT2D eigenvalue weighted by Gasteiger charge is 2.31. The first-order chi connectivity index (χ1) is 10.2. The zero-order chi connectivity index (χ0) is 14.4. The minimum absolute atomic E-state index is 0. The van der Waals surface area contributed by atoms with Crippen molar-refractivity contribution in [2.75, 3.05) is 31.1 Å². The summed E-state index contributed by atoms with van der Waals surface area (Å²) in [6, 6.07) is 8.61. The fourth-order valence-corrected chi connectivity index (χ4v) is 3.62. The third-order valence-corrected chi connectivity index (χ3v) is 4.94. The second-order valence-electron chi connectivity index (χ2n) is 5.88. The van der Waals surface area contributed by atoms with E-state index in [0.717, 1.165) is 48.9 Å². The molecule has 2 aromatic rings. The van der Waals surface area contributed by atoms with Crippen LogP contribution in [0.4, 0.5) is 5.82 Å². The fraction of sp³-hybridized carbons (Fsp3) is 0.438. The highest BCUT2D eigenvalue weighted by atomic mass is 35.5. The number of piperazine rings is 1. The molecule has 3 nitrogen and oxygen atoms in total. The zero-order valence-electron chi connectivity index (χ0n) is 12.5. The van der Waals surface area contributed by atoms with Crippen LogP contribution in [-0.4, -0.2) is 42.1 Å². The molecule has 0 bridgehead atoms. The lowest BCUT2D eigenvalue weighted by atomic mass is 10.2. The lowest BCUT2D eigenvalue weighted by Gasteiger charge is -2.35. The molecule has 1 aliphatic carbocycles. The number of hydrogen-bond donors (Lipinski definition) is 0. The van der Waals surface area contributed by atoms with Gasteiger partial charge in [0, 0.05) is 42.6 Å². The molecule has 0 unspecified atom stereocenters. The van der Waals surface area contributed by atoms with Crippen LogP contribution in [0.2, 0.25) is 10.0 Å². The monoisotopic (exact) mass is 393 g/mol. The molecular formula is C16H19Cl4N3. The number of benzene rings is 1. The number of hydrogen-bond acceptors (Lipinski definition) is 3. The number of pyridine rings is 1. The zero-order valence-corrected chi connectivity index (χ0v) is 15.7. The van der Waals surface area contributed by atoms with Gasteiger partial charge >= 0.3 is 0 Å². The molecule has 1 saturated carbocycles. The van der Waals surface area contributed by atoms with E-state index in [2.05, 4.69) is 15.9 Å². The molecule has 2 aliphatic rings. The summed E-state index contributed by atoms with van der Waals surface area (Å²) in [7, 11) is 0. The van der Waals surface area contributed by atoms with Crippen LogP contribution in [0.3, 0.4) is 0 Å². The van der Waals surface area contributed by atoms with Crippen LogP contribution in [0, 0.1) is 0 Å². The quantitative estimate of drug-likeness (QED) is 0.737. The third-order valence-electron chi connectivity index (χ3n) is 4.41. The van der Waals surface area contributed by atoms with Gasteiger partial charge in [0.15, 0.2) is 0 Å². The highest BCUT2D eigenvalue weighted by Crippen LogP contribution is 2.30. The molecule has 23 heavy (non-hydrogen) atoms. The van der Waals surface area contributed by atoms with E-state index in [1.807, 2.05) is 12.1 Å². The summed E-state index contributed by atoms with van der Waals surface area (Å²) in [6.07, 6.45) is 2.76. The Morgan fingerprint density at radius 2 is 1.65 bits per heavy atom. The Morgan fingerprint density at radius 3 is 2.30 bits per heavy atom. The topological polar surface area (TPSA) is 19.4 Å². The van der Waals surface area contributed by atoms with Crippen LogP contribution < -0.4 is 4.90 Å². The maximum Gasteiger partial charge on any atom is 0.129 e. The SMILES string of the molecule is Cl.Cl.Clc1cc(Cl)c2ccc(N3CCN(C4CC4)CC3)nc2c1. The molecule has 2 fully saturated rings. The molecule has 1 aliphatic heterocycles. The Hall–Kier alpha value is -0.450. The van der Waals surface area contributed by atoms with E-state index < -0.39 is 0 Å². The Balaban J connectivity index is 0.000000960. The smallest absolute Gasteiger partial charge is 0.129 e. The van der Waals surface area contributed by atoms with Gasteiger partial charge in [-0.05, 0) is 37.1 Å². The van der Waals surface area contributed by atoms with E-state index in [4.69, 9.17) is 28.2 Å². The number of fused-ring (bicyclic) bond motifs is 1. The molecule has 0 radical (unpaired) electrons. The summed E-state index contributed by atoms with van der Waals surface area (Å²) in [5, 5.41) is 2.26. The molecule has 4 rings (SSSR count). The Kier molecular flexibility index (Phi) is 6.26. The van der Waals surface area contributed by atoms with Gasteiger partial charge in [0.25, 0.3) is 0 Å². The molecule has 0 spiro atoms. The third kappa shape index (κ3) is 3.97. The van der Waals surface area contributed by atoms with Crippen molar-refractivity contribution in [1.29, 1.82) is 0 Å². The highest BCUT2D eigenvalue weighted by molar-refractivity contribution is 6.38. The van der Waals surface area contributed by atoms with Crippen LogP contribution in [0.25, 0.3) is 10.9 Å². The fourth-order valence-electron chi connectivity index (χ4n) is 3.08. The van der Waals surface area contributed by atoms with Gasteiger partial charge in [-0.2, -0.15) is 0 Å². The Labute approximate surface area is 158 Å². The molecule has 1 aromatic carbocycles. The van der Waals surface area contributed by atoms with Crippen molar-refractivity contribution in [1.82, 2.24) is 9.88 Å². The van der Waals surface area contributed by atoms with Gasteiger partial charge in [0.05, 0.1) is 10.5 Å². The average molecular weight is 395 g/mol. The molecule has 7 heteroatoms. The lowest BCUT2D eigenvalue weighted by molar-refractivity contribution is 0.247. The first kappa shape index (κ1) is 18.9. The molecule has 1 aromatic heterocycles. The van der Waals surface area contributed by atoms with Crippen molar-refractivity contribution in [2.24, 2.45) is 0 Å². The number of nitrogens with zero attached hydrogens (tertiary/aromatic N) is 3. The van der Waals surface area contributed by atoms with Crippen LogP contribution in [-0.2, 0) is 0 Å². The van der Waals surface area contributed by atoms with Crippen molar-refractivity contribution in [3.8, 4) is 0 Å². The molecular weight excluding hydrogens is 376 g/mol. The summed E-state index contributed by atoms with van der Waals surface area (Å²) in [6.45, 7) is 4.37. The van der Waals surface area contributed by atoms with E-state index in [0.29, 0.717) is 10.0 Å². The maximum atomic E-state index is 6.22. The molecule has 1 saturated heterocycles. The average Bonchev–Trinajstić information content (AvgIpc) is 3.31. The number of rotatable bonds is 2. The number of halogens is 4. The second-order valence-corrected chi connectivity index (χ2v) is 6.72. The molecule has 0 N–H and O–H groups in total. The number of anilines is 1. The summed E-state index contributed by atoms with van der Waals surface area (Å²) in [5.74, 6) is 1.02. The van der Waals surface area contributed by atoms with Gasteiger partial charge in [-0.15, -0.1) is 24.8 Å². The minimum atomic E-state index is 0. The van der Waals surface area contributed by atoms with Crippen LogP contribution in [0.5, 0.6) is 0 Å². The van der Waals surface area contributed by atoms with Crippen molar-refractivity contribution >= 4 is 64.7 Å². The van der Waals surface area contributed by atoms with Crippen LogP contribution in [0.1, 0.15) is 12.8 Å². The van der Waals surface area contributed by atoms with Gasteiger partial charge in [0.2, 0.25) is 0 Å². The van der Waals surface area contributed by atoms with E-state index in [9.17, 15) is 0 Å². The second kappa shape index (κ2) is 7.62. The van der Waals surface area contributed by atoms with E-state index in [-0.39, 0.29) is 24.8 Å². The molecule has 126 valence electrons. The van der Waals surface area contributed by atoms with E-state index >= 15 is 0 Å². The number of aromatic nitrogens is 1. The summed E-state index contributed by atoms with van der Waals surface area (Å²) in [4.78, 5) is 9.70. The lowest BCUT2D eigenvalue weighted by Crippen LogP contribution is -2.47. The summed E-state index contributed by atoms with van der Waals surface area (Å²) >= 11 is 12.3. The van der Waals surface area contributed by atoms with Gasteiger partial charge in [-0.25, -0.2) is 4.98 Å².